The number of hydrogen-bond acceptors (Lipinski definition) is 4. The van der Waals surface area contributed by atoms with E-state index in [1.807, 2.05) is 38.1 Å². The lowest BCUT2D eigenvalue weighted by atomic mass is 10.1. The largest absolute Gasteiger partial charge is 0.444 e. The minimum Gasteiger partial charge on any atom is -0.444 e. The van der Waals surface area contributed by atoms with E-state index in [4.69, 9.17) is 4.42 Å². The average Bonchev–Trinajstić information content (AvgIpc) is 2.70. The molecular formula is C15H19N3O2. The Balaban J connectivity index is 1.95. The molecule has 1 aromatic carbocycles. The van der Waals surface area contributed by atoms with Crippen molar-refractivity contribution in [3.63, 3.8) is 0 Å². The number of aromatic nitrogens is 1. The van der Waals surface area contributed by atoms with Crippen LogP contribution >= 0.6 is 0 Å². The number of nitrogens with one attached hydrogen (secondary N) is 2. The lowest BCUT2D eigenvalue weighted by Crippen LogP contribution is -2.15. The van der Waals surface area contributed by atoms with Gasteiger partial charge in [-0.2, -0.15) is 0 Å². The van der Waals surface area contributed by atoms with Crippen LogP contribution in [0.2, 0.25) is 0 Å². The molecule has 0 fully saturated rings. The Labute approximate surface area is 118 Å². The Kier molecular flexibility index (Phi) is 4.53. The van der Waals surface area contributed by atoms with Gasteiger partial charge in [0.25, 0.3) is 0 Å². The Bertz CT molecular complexity index is 585. The molecule has 0 saturated carbocycles. The van der Waals surface area contributed by atoms with Crippen LogP contribution in [0.3, 0.4) is 0 Å². The summed E-state index contributed by atoms with van der Waals surface area (Å²) in [7, 11) is 0. The van der Waals surface area contributed by atoms with Crippen molar-refractivity contribution in [3.8, 4) is 0 Å². The van der Waals surface area contributed by atoms with Crippen molar-refractivity contribution >= 4 is 11.6 Å². The summed E-state index contributed by atoms with van der Waals surface area (Å²) in [5.74, 6) is 1.45. The lowest BCUT2D eigenvalue weighted by Gasteiger charge is -2.09. The number of carbonyl (C=O) groups is 1. The van der Waals surface area contributed by atoms with Crippen molar-refractivity contribution in [2.45, 2.75) is 33.9 Å². The van der Waals surface area contributed by atoms with Crippen molar-refractivity contribution in [2.75, 3.05) is 5.32 Å². The Morgan fingerprint density at radius 1 is 1.25 bits per heavy atom. The first-order valence-electron chi connectivity index (χ1n) is 6.55. The number of amides is 1. The molecule has 20 heavy (non-hydrogen) atoms. The summed E-state index contributed by atoms with van der Waals surface area (Å²) >= 11 is 0. The summed E-state index contributed by atoms with van der Waals surface area (Å²) in [5.41, 5.74) is 2.77. The highest BCUT2D eigenvalue weighted by Crippen LogP contribution is 2.15. The second-order valence-electron chi connectivity index (χ2n) is 4.69. The second kappa shape index (κ2) is 6.34. The zero-order valence-corrected chi connectivity index (χ0v) is 12.0. The summed E-state index contributed by atoms with van der Waals surface area (Å²) in [6.45, 7) is 6.52. The SMILES string of the molecule is CC(=O)Nc1ccccc1CNCc1nc(C)c(C)o1. The van der Waals surface area contributed by atoms with E-state index in [-0.39, 0.29) is 5.91 Å². The highest BCUT2D eigenvalue weighted by Gasteiger charge is 2.06. The molecule has 0 saturated heterocycles. The fourth-order valence-corrected chi connectivity index (χ4v) is 1.90. The van der Waals surface area contributed by atoms with E-state index in [1.54, 1.807) is 0 Å². The van der Waals surface area contributed by atoms with Crippen molar-refractivity contribution in [1.29, 1.82) is 0 Å². The molecule has 1 aromatic heterocycles. The molecule has 0 aliphatic rings. The van der Waals surface area contributed by atoms with Crippen LogP contribution in [-0.2, 0) is 17.9 Å². The number of oxazole rings is 1. The fraction of sp³-hybridized carbons (Fsp3) is 0.333. The van der Waals surface area contributed by atoms with Crippen molar-refractivity contribution in [2.24, 2.45) is 0 Å². The van der Waals surface area contributed by atoms with Crippen LogP contribution in [0.15, 0.2) is 28.7 Å². The fourth-order valence-electron chi connectivity index (χ4n) is 1.90. The van der Waals surface area contributed by atoms with Gasteiger partial charge in [0.1, 0.15) is 5.76 Å². The van der Waals surface area contributed by atoms with E-state index >= 15 is 0 Å². The third-order valence-corrected chi connectivity index (χ3v) is 2.99. The van der Waals surface area contributed by atoms with Crippen LogP contribution in [0, 0.1) is 13.8 Å². The van der Waals surface area contributed by atoms with Gasteiger partial charge in [0.2, 0.25) is 11.8 Å². The second-order valence-corrected chi connectivity index (χ2v) is 4.69. The molecule has 0 aliphatic carbocycles. The normalized spacial score (nSPS) is 10.6. The maximum Gasteiger partial charge on any atom is 0.221 e. The predicted octanol–water partition coefficient (Wildman–Crippen LogP) is 2.54. The van der Waals surface area contributed by atoms with E-state index in [1.165, 1.54) is 6.92 Å². The monoisotopic (exact) mass is 273 g/mol. The van der Waals surface area contributed by atoms with Crippen LogP contribution in [0.4, 0.5) is 5.69 Å². The van der Waals surface area contributed by atoms with E-state index in [2.05, 4.69) is 15.6 Å². The molecule has 2 aromatic rings. The number of aryl methyl sites for hydroxylation is 2. The Morgan fingerprint density at radius 3 is 2.65 bits per heavy atom. The number of nitrogens with zero attached hydrogens (tertiary/aromatic N) is 1. The average molecular weight is 273 g/mol. The summed E-state index contributed by atoms with van der Waals surface area (Å²) in [5, 5.41) is 6.08. The molecule has 0 aliphatic heterocycles. The number of carbonyl (C=O) groups excluding carboxylic acids is 1. The van der Waals surface area contributed by atoms with Crippen LogP contribution < -0.4 is 10.6 Å². The lowest BCUT2D eigenvalue weighted by molar-refractivity contribution is -0.114. The van der Waals surface area contributed by atoms with Gasteiger partial charge in [0, 0.05) is 19.2 Å². The number of anilines is 1. The quantitative estimate of drug-likeness (QED) is 0.878. The molecule has 2 rings (SSSR count). The number of benzene rings is 1. The first-order chi connectivity index (χ1) is 9.56. The van der Waals surface area contributed by atoms with Gasteiger partial charge in [-0.15, -0.1) is 0 Å². The molecule has 0 atom stereocenters. The van der Waals surface area contributed by atoms with Crippen LogP contribution in [0.1, 0.15) is 29.8 Å². The molecule has 1 amide bonds. The highest BCUT2D eigenvalue weighted by molar-refractivity contribution is 5.89. The molecule has 5 heteroatoms. The first-order valence-corrected chi connectivity index (χ1v) is 6.55. The molecule has 1 heterocycles. The van der Waals surface area contributed by atoms with Crippen LogP contribution in [0.25, 0.3) is 0 Å². The molecule has 5 nitrogen and oxygen atoms in total. The van der Waals surface area contributed by atoms with Gasteiger partial charge < -0.3 is 15.1 Å². The van der Waals surface area contributed by atoms with Gasteiger partial charge in [0.05, 0.1) is 12.2 Å². The smallest absolute Gasteiger partial charge is 0.221 e. The van der Waals surface area contributed by atoms with Gasteiger partial charge in [0.15, 0.2) is 0 Å². The predicted molar refractivity (Wildman–Crippen MR) is 77.3 cm³/mol. The van der Waals surface area contributed by atoms with E-state index in [0.29, 0.717) is 19.0 Å². The zero-order valence-electron chi connectivity index (χ0n) is 12.0. The van der Waals surface area contributed by atoms with Gasteiger partial charge in [-0.1, -0.05) is 18.2 Å². The minimum absolute atomic E-state index is 0.0728. The summed E-state index contributed by atoms with van der Waals surface area (Å²) in [6.07, 6.45) is 0. The van der Waals surface area contributed by atoms with Gasteiger partial charge in [-0.25, -0.2) is 4.98 Å². The van der Waals surface area contributed by atoms with Gasteiger partial charge >= 0.3 is 0 Å². The molecule has 2 N–H and O–H groups in total. The van der Waals surface area contributed by atoms with E-state index < -0.39 is 0 Å². The molecule has 0 unspecified atom stereocenters. The number of rotatable bonds is 5. The first kappa shape index (κ1) is 14.3. The third-order valence-electron chi connectivity index (χ3n) is 2.99. The van der Waals surface area contributed by atoms with Crippen LogP contribution in [-0.4, -0.2) is 10.9 Å². The number of para-hydroxylation sites is 1. The minimum atomic E-state index is -0.0728. The molecule has 0 radical (unpaired) electrons. The Morgan fingerprint density at radius 2 is 2.00 bits per heavy atom. The standard InChI is InChI=1S/C15H19N3O2/c1-10-11(2)20-15(17-10)9-16-8-13-6-4-5-7-14(13)18-12(3)19/h4-7,16H,8-9H2,1-3H3,(H,18,19). The summed E-state index contributed by atoms with van der Waals surface area (Å²) in [6, 6.07) is 7.71. The van der Waals surface area contributed by atoms with Crippen molar-refractivity contribution in [1.82, 2.24) is 10.3 Å². The molecule has 0 spiro atoms. The van der Waals surface area contributed by atoms with E-state index in [0.717, 1.165) is 22.7 Å². The topological polar surface area (TPSA) is 67.2 Å². The molecular weight excluding hydrogens is 254 g/mol. The van der Waals surface area contributed by atoms with Crippen molar-refractivity contribution < 1.29 is 9.21 Å². The van der Waals surface area contributed by atoms with Gasteiger partial charge in [-0.05, 0) is 25.5 Å². The highest BCUT2D eigenvalue weighted by atomic mass is 16.4. The maximum atomic E-state index is 11.1. The molecule has 106 valence electrons. The zero-order chi connectivity index (χ0) is 14.5. The van der Waals surface area contributed by atoms with Crippen molar-refractivity contribution in [3.05, 3.63) is 47.2 Å². The third kappa shape index (κ3) is 3.68. The summed E-state index contributed by atoms with van der Waals surface area (Å²) < 4.78 is 5.50. The van der Waals surface area contributed by atoms with Crippen LogP contribution in [0.5, 0.6) is 0 Å². The van der Waals surface area contributed by atoms with E-state index in [9.17, 15) is 4.79 Å². The maximum absolute atomic E-state index is 11.1. The number of hydrogen-bond donors (Lipinski definition) is 2. The Hall–Kier alpha value is -2.14. The summed E-state index contributed by atoms with van der Waals surface area (Å²) in [4.78, 5) is 15.5. The van der Waals surface area contributed by atoms with Gasteiger partial charge in [-0.3, -0.25) is 4.79 Å². The molecule has 0 bridgehead atoms.